The minimum Gasteiger partial charge on any atom is -0.497 e. The molecule has 0 unspecified atom stereocenters. The van der Waals surface area contributed by atoms with Gasteiger partial charge in [-0.25, -0.2) is 8.78 Å². The highest BCUT2D eigenvalue weighted by atomic mass is 19.1. The molecule has 0 heterocycles. The van der Waals surface area contributed by atoms with Gasteiger partial charge in [-0.2, -0.15) is 0 Å². The molecule has 1 N–H and O–H groups in total. The van der Waals surface area contributed by atoms with Crippen molar-refractivity contribution in [1.29, 1.82) is 0 Å². The fourth-order valence-corrected chi connectivity index (χ4v) is 4.91. The van der Waals surface area contributed by atoms with E-state index in [4.69, 9.17) is 9.47 Å². The lowest BCUT2D eigenvalue weighted by Crippen LogP contribution is -2.17. The van der Waals surface area contributed by atoms with Crippen LogP contribution in [0.3, 0.4) is 0 Å². The number of benzene rings is 3. The van der Waals surface area contributed by atoms with E-state index >= 15 is 4.39 Å². The zero-order valence-corrected chi connectivity index (χ0v) is 22.7. The van der Waals surface area contributed by atoms with Crippen LogP contribution in [0.1, 0.15) is 75.5 Å². The summed E-state index contributed by atoms with van der Waals surface area (Å²) in [6, 6.07) is 15.4. The van der Waals surface area contributed by atoms with Gasteiger partial charge < -0.3 is 14.6 Å². The van der Waals surface area contributed by atoms with Gasteiger partial charge in [0.1, 0.15) is 18.2 Å². The zero-order valence-electron chi connectivity index (χ0n) is 22.7. The number of hydrogen-bond acceptors (Lipinski definition) is 3. The summed E-state index contributed by atoms with van der Waals surface area (Å²) in [6.07, 6.45) is 1.73. The Balaban J connectivity index is 1.65. The number of hydrogen-bond donors (Lipinski definition) is 1. The molecule has 4 nitrogen and oxygen atoms in total. The Kier molecular flexibility index (Phi) is 8.10. The Morgan fingerprint density at radius 3 is 2.39 bits per heavy atom. The third-order valence-electron chi connectivity index (χ3n) is 7.72. The van der Waals surface area contributed by atoms with Gasteiger partial charge in [0, 0.05) is 11.5 Å². The van der Waals surface area contributed by atoms with Gasteiger partial charge in [0.25, 0.3) is 0 Å². The Labute approximate surface area is 223 Å². The molecule has 0 spiro atoms. The summed E-state index contributed by atoms with van der Waals surface area (Å²) in [4.78, 5) is 11.4. The second-order valence-corrected chi connectivity index (χ2v) is 11.3. The van der Waals surface area contributed by atoms with Gasteiger partial charge in [-0.05, 0) is 76.6 Å². The molecule has 0 aliphatic heterocycles. The lowest BCUT2D eigenvalue weighted by atomic mass is 9.75. The van der Waals surface area contributed by atoms with Crippen LogP contribution in [0, 0.1) is 23.0 Å². The molecule has 6 heteroatoms. The summed E-state index contributed by atoms with van der Waals surface area (Å²) >= 11 is 0. The van der Waals surface area contributed by atoms with Crippen LogP contribution in [-0.2, 0) is 11.4 Å². The third-order valence-corrected chi connectivity index (χ3v) is 7.72. The van der Waals surface area contributed by atoms with Gasteiger partial charge in [0.15, 0.2) is 11.6 Å². The molecule has 1 fully saturated rings. The monoisotopic (exact) mass is 522 g/mol. The van der Waals surface area contributed by atoms with E-state index in [9.17, 15) is 14.3 Å². The quantitative estimate of drug-likeness (QED) is 0.291. The first-order valence-electron chi connectivity index (χ1n) is 13.1. The Bertz CT molecular complexity index is 1310. The largest absolute Gasteiger partial charge is 0.497 e. The maximum atomic E-state index is 15.5. The second-order valence-electron chi connectivity index (χ2n) is 11.3. The van der Waals surface area contributed by atoms with Gasteiger partial charge in [-0.1, -0.05) is 58.0 Å². The fraction of sp³-hybridized carbons (Fsp3) is 0.406. The van der Waals surface area contributed by atoms with Crippen molar-refractivity contribution in [2.75, 3.05) is 7.11 Å². The van der Waals surface area contributed by atoms with E-state index < -0.39 is 11.8 Å². The van der Waals surface area contributed by atoms with Gasteiger partial charge >= 0.3 is 5.97 Å². The molecular formula is C32H36F2O4. The van der Waals surface area contributed by atoms with Crippen LogP contribution in [-0.4, -0.2) is 18.2 Å². The van der Waals surface area contributed by atoms with Gasteiger partial charge in [-0.3, -0.25) is 4.79 Å². The molecule has 38 heavy (non-hydrogen) atoms. The molecule has 1 aliphatic rings. The minimum absolute atomic E-state index is 0.0819. The lowest BCUT2D eigenvalue weighted by molar-refractivity contribution is -0.137. The smallest absolute Gasteiger partial charge is 0.303 e. The number of methoxy groups -OCH3 is 1. The SMILES string of the molecule is COc1ccc(F)c(-c2ccc(COc3cccc([C@H](CC(=O)O)C4CC4)c3F)cc2[C@@H](C)C(C)(C)C)c1. The predicted octanol–water partition coefficient (Wildman–Crippen LogP) is 8.34. The number of carboxylic acids is 1. The van der Waals surface area contributed by atoms with E-state index in [1.54, 1.807) is 37.4 Å². The van der Waals surface area contributed by atoms with E-state index in [1.807, 2.05) is 18.2 Å². The summed E-state index contributed by atoms with van der Waals surface area (Å²) in [5.41, 5.74) is 3.35. The molecular weight excluding hydrogens is 486 g/mol. The summed E-state index contributed by atoms with van der Waals surface area (Å²) in [7, 11) is 1.55. The van der Waals surface area contributed by atoms with E-state index in [0.717, 1.165) is 29.5 Å². The molecule has 2 atom stereocenters. The normalized spacial score (nSPS) is 15.1. The molecule has 0 aromatic heterocycles. The number of carbonyl (C=O) groups is 1. The standard InChI is InChI=1S/C32H36F2O4/c1-19(32(2,3)4)25-15-20(9-13-23(25)27-16-22(37-5)12-14-28(27)33)18-38-29-8-6-7-24(31(29)34)26(17-30(35)36)21-10-11-21/h6-9,12-16,19,21,26H,10-11,17-18H2,1-5H3,(H,35,36)/t19-,26-/m1/s1. The number of aliphatic carboxylic acids is 1. The van der Waals surface area contributed by atoms with Crippen molar-refractivity contribution in [1.82, 2.24) is 0 Å². The van der Waals surface area contributed by atoms with Crippen molar-refractivity contribution in [3.05, 3.63) is 82.9 Å². The highest BCUT2D eigenvalue weighted by Crippen LogP contribution is 2.46. The molecule has 1 saturated carbocycles. The third kappa shape index (κ3) is 6.17. The Morgan fingerprint density at radius 2 is 1.76 bits per heavy atom. The van der Waals surface area contributed by atoms with E-state index in [-0.39, 0.29) is 47.8 Å². The van der Waals surface area contributed by atoms with Crippen LogP contribution < -0.4 is 9.47 Å². The molecule has 0 saturated heterocycles. The van der Waals surface area contributed by atoms with Gasteiger partial charge in [0.2, 0.25) is 0 Å². The number of rotatable bonds is 10. The first kappa shape index (κ1) is 27.6. The summed E-state index contributed by atoms with van der Waals surface area (Å²) in [6.45, 7) is 8.66. The van der Waals surface area contributed by atoms with Gasteiger partial charge in [-0.15, -0.1) is 0 Å². The summed E-state index contributed by atoms with van der Waals surface area (Å²) < 4.78 is 41.6. The number of halogens is 2. The van der Waals surface area contributed by atoms with Crippen LogP contribution >= 0.6 is 0 Å². The molecule has 202 valence electrons. The van der Waals surface area contributed by atoms with Crippen molar-refractivity contribution in [3.8, 4) is 22.6 Å². The topological polar surface area (TPSA) is 55.8 Å². The van der Waals surface area contributed by atoms with E-state index in [1.165, 1.54) is 6.07 Å². The molecule has 1 aliphatic carbocycles. The highest BCUT2D eigenvalue weighted by molar-refractivity contribution is 5.71. The lowest BCUT2D eigenvalue weighted by Gasteiger charge is -2.30. The van der Waals surface area contributed by atoms with Crippen molar-refractivity contribution >= 4 is 5.97 Å². The Morgan fingerprint density at radius 1 is 1.03 bits per heavy atom. The Hall–Kier alpha value is -3.41. The fourth-order valence-electron chi connectivity index (χ4n) is 4.91. The molecule has 4 rings (SSSR count). The number of carboxylic acid groups (broad SMARTS) is 1. The zero-order chi connectivity index (χ0) is 27.6. The average Bonchev–Trinajstić information content (AvgIpc) is 3.71. The summed E-state index contributed by atoms with van der Waals surface area (Å²) in [5, 5.41) is 9.33. The van der Waals surface area contributed by atoms with Crippen molar-refractivity contribution < 1.29 is 28.2 Å². The van der Waals surface area contributed by atoms with Crippen LogP contribution in [0.15, 0.2) is 54.6 Å². The van der Waals surface area contributed by atoms with Gasteiger partial charge in [0.05, 0.1) is 13.5 Å². The first-order chi connectivity index (χ1) is 18.0. The second kappa shape index (κ2) is 11.1. The number of ether oxygens (including phenoxy) is 2. The predicted molar refractivity (Wildman–Crippen MR) is 145 cm³/mol. The maximum Gasteiger partial charge on any atom is 0.303 e. The van der Waals surface area contributed by atoms with Crippen LogP contribution in [0.4, 0.5) is 8.78 Å². The van der Waals surface area contributed by atoms with Crippen molar-refractivity contribution in [2.45, 2.75) is 65.4 Å². The van der Waals surface area contributed by atoms with E-state index in [2.05, 4.69) is 27.7 Å². The average molecular weight is 523 g/mol. The minimum atomic E-state index is -0.930. The van der Waals surface area contributed by atoms with Crippen LogP contribution in [0.2, 0.25) is 0 Å². The molecule has 0 radical (unpaired) electrons. The van der Waals surface area contributed by atoms with Crippen LogP contribution in [0.5, 0.6) is 11.5 Å². The molecule has 0 bridgehead atoms. The molecule has 0 amide bonds. The highest BCUT2D eigenvalue weighted by Gasteiger charge is 2.36. The van der Waals surface area contributed by atoms with Crippen molar-refractivity contribution in [2.24, 2.45) is 11.3 Å². The van der Waals surface area contributed by atoms with Crippen LogP contribution in [0.25, 0.3) is 11.1 Å². The van der Waals surface area contributed by atoms with E-state index in [0.29, 0.717) is 16.9 Å². The molecule has 3 aromatic carbocycles. The van der Waals surface area contributed by atoms with Crippen molar-refractivity contribution in [3.63, 3.8) is 0 Å². The first-order valence-corrected chi connectivity index (χ1v) is 13.1. The maximum absolute atomic E-state index is 15.5. The summed E-state index contributed by atoms with van der Waals surface area (Å²) in [5.74, 6) is -1.15. The molecule has 3 aromatic rings.